The third-order valence-corrected chi connectivity index (χ3v) is 5.49. The van der Waals surface area contributed by atoms with E-state index in [0.717, 1.165) is 18.7 Å². The van der Waals surface area contributed by atoms with Crippen molar-refractivity contribution in [3.63, 3.8) is 0 Å². The SMILES string of the molecule is CO[C@@H]1OC=C[C@H](OCc2ccccc2)[C@H]1N(Cc1ccccc1)Cc1ccccc1. The Hall–Kier alpha value is -2.92. The van der Waals surface area contributed by atoms with Crippen molar-refractivity contribution >= 4 is 0 Å². The number of rotatable bonds is 9. The fraction of sp³-hybridized carbons (Fsp3) is 0.259. The minimum absolute atomic E-state index is 0.0980. The standard InChI is InChI=1S/C27H29NO3/c1-29-27-26(25(17-18-30-27)31-21-24-15-9-4-10-16-24)28(19-22-11-5-2-6-12-22)20-23-13-7-3-8-14-23/h2-18,25-27H,19-21H2,1H3/t25-,26+,27+/m0/s1. The number of hydrogen-bond acceptors (Lipinski definition) is 4. The molecule has 4 rings (SSSR count). The van der Waals surface area contributed by atoms with E-state index in [1.54, 1.807) is 13.4 Å². The molecule has 0 radical (unpaired) electrons. The van der Waals surface area contributed by atoms with E-state index in [4.69, 9.17) is 14.2 Å². The summed E-state index contributed by atoms with van der Waals surface area (Å²) in [7, 11) is 1.69. The van der Waals surface area contributed by atoms with Crippen LogP contribution in [0.15, 0.2) is 103 Å². The van der Waals surface area contributed by atoms with Crippen molar-refractivity contribution in [1.29, 1.82) is 0 Å². The molecular weight excluding hydrogens is 386 g/mol. The van der Waals surface area contributed by atoms with Gasteiger partial charge in [0.1, 0.15) is 12.1 Å². The maximum atomic E-state index is 6.38. The van der Waals surface area contributed by atoms with E-state index in [-0.39, 0.29) is 12.1 Å². The molecular formula is C27H29NO3. The van der Waals surface area contributed by atoms with Crippen molar-refractivity contribution in [3.05, 3.63) is 120 Å². The molecule has 31 heavy (non-hydrogen) atoms. The van der Waals surface area contributed by atoms with Crippen LogP contribution in [0.3, 0.4) is 0 Å². The zero-order valence-corrected chi connectivity index (χ0v) is 17.8. The highest BCUT2D eigenvalue weighted by Gasteiger charge is 2.38. The molecule has 0 bridgehead atoms. The van der Waals surface area contributed by atoms with Gasteiger partial charge in [-0.1, -0.05) is 91.0 Å². The largest absolute Gasteiger partial charge is 0.471 e. The van der Waals surface area contributed by atoms with Crippen LogP contribution in [0.4, 0.5) is 0 Å². The normalized spacial score (nSPS) is 20.5. The molecule has 3 aromatic carbocycles. The first-order chi connectivity index (χ1) is 15.3. The molecule has 0 aliphatic carbocycles. The summed E-state index contributed by atoms with van der Waals surface area (Å²) in [5, 5.41) is 0. The van der Waals surface area contributed by atoms with E-state index in [1.165, 1.54) is 11.1 Å². The molecule has 3 atom stereocenters. The van der Waals surface area contributed by atoms with Gasteiger partial charge in [0, 0.05) is 20.2 Å². The Morgan fingerprint density at radius 2 is 1.26 bits per heavy atom. The molecule has 0 aromatic heterocycles. The van der Waals surface area contributed by atoms with Gasteiger partial charge < -0.3 is 14.2 Å². The molecule has 0 N–H and O–H groups in total. The van der Waals surface area contributed by atoms with Crippen molar-refractivity contribution < 1.29 is 14.2 Å². The minimum Gasteiger partial charge on any atom is -0.471 e. The molecule has 0 fully saturated rings. The lowest BCUT2D eigenvalue weighted by molar-refractivity contribution is -0.175. The van der Waals surface area contributed by atoms with Crippen molar-refractivity contribution in [3.8, 4) is 0 Å². The number of methoxy groups -OCH3 is 1. The first-order valence-corrected chi connectivity index (χ1v) is 10.7. The third kappa shape index (κ3) is 5.82. The fourth-order valence-corrected chi connectivity index (χ4v) is 3.95. The zero-order valence-electron chi connectivity index (χ0n) is 17.8. The van der Waals surface area contributed by atoms with Crippen LogP contribution in [0.1, 0.15) is 16.7 Å². The third-order valence-electron chi connectivity index (χ3n) is 5.49. The second kappa shape index (κ2) is 10.9. The smallest absolute Gasteiger partial charge is 0.217 e. The van der Waals surface area contributed by atoms with Crippen LogP contribution < -0.4 is 0 Å². The van der Waals surface area contributed by atoms with Crippen molar-refractivity contribution in [2.75, 3.05) is 7.11 Å². The lowest BCUT2D eigenvalue weighted by Gasteiger charge is -2.41. The van der Waals surface area contributed by atoms with Crippen molar-refractivity contribution in [2.45, 2.75) is 38.1 Å². The zero-order chi connectivity index (χ0) is 21.3. The quantitative estimate of drug-likeness (QED) is 0.483. The summed E-state index contributed by atoms with van der Waals surface area (Å²) in [5.74, 6) is 0. The van der Waals surface area contributed by atoms with Crippen molar-refractivity contribution in [2.24, 2.45) is 0 Å². The van der Waals surface area contributed by atoms with E-state index < -0.39 is 6.29 Å². The van der Waals surface area contributed by atoms with E-state index in [9.17, 15) is 0 Å². The Kier molecular flexibility index (Phi) is 7.51. The van der Waals surface area contributed by atoms with Crippen LogP contribution in [0.25, 0.3) is 0 Å². The molecule has 0 amide bonds. The van der Waals surface area contributed by atoms with Crippen LogP contribution in [0, 0.1) is 0 Å². The average molecular weight is 416 g/mol. The van der Waals surface area contributed by atoms with Crippen LogP contribution in [0.5, 0.6) is 0 Å². The Balaban J connectivity index is 1.59. The summed E-state index contributed by atoms with van der Waals surface area (Å²) in [4.78, 5) is 2.39. The van der Waals surface area contributed by atoms with E-state index in [2.05, 4.69) is 65.6 Å². The number of ether oxygens (including phenoxy) is 3. The summed E-state index contributed by atoms with van der Waals surface area (Å²) >= 11 is 0. The van der Waals surface area contributed by atoms with E-state index >= 15 is 0 Å². The van der Waals surface area contributed by atoms with Crippen LogP contribution in [0.2, 0.25) is 0 Å². The topological polar surface area (TPSA) is 30.9 Å². The molecule has 1 heterocycles. The molecule has 0 spiro atoms. The molecule has 1 aliphatic rings. The van der Waals surface area contributed by atoms with Crippen LogP contribution in [-0.4, -0.2) is 30.4 Å². The van der Waals surface area contributed by atoms with Crippen molar-refractivity contribution in [1.82, 2.24) is 4.90 Å². The number of benzene rings is 3. The maximum absolute atomic E-state index is 6.38. The fourth-order valence-electron chi connectivity index (χ4n) is 3.95. The molecule has 3 aromatic rings. The van der Waals surface area contributed by atoms with Gasteiger partial charge in [0.15, 0.2) is 0 Å². The highest BCUT2D eigenvalue weighted by molar-refractivity contribution is 5.19. The Labute approximate surface area is 184 Å². The van der Waals surface area contributed by atoms with Crippen LogP contribution >= 0.6 is 0 Å². The second-order valence-electron chi connectivity index (χ2n) is 7.70. The summed E-state index contributed by atoms with van der Waals surface area (Å²) in [6, 6.07) is 31.1. The van der Waals surface area contributed by atoms with E-state index in [1.807, 2.05) is 36.4 Å². The molecule has 160 valence electrons. The average Bonchev–Trinajstić information content (AvgIpc) is 2.84. The summed E-state index contributed by atoms with van der Waals surface area (Å²) in [6.07, 6.45) is 3.11. The molecule has 0 unspecified atom stereocenters. The number of hydrogen-bond donors (Lipinski definition) is 0. The van der Waals surface area contributed by atoms with Gasteiger partial charge in [-0.05, 0) is 22.8 Å². The van der Waals surface area contributed by atoms with Gasteiger partial charge in [-0.25, -0.2) is 0 Å². The van der Waals surface area contributed by atoms with Gasteiger partial charge in [0.25, 0.3) is 0 Å². The summed E-state index contributed by atoms with van der Waals surface area (Å²) in [6.45, 7) is 2.07. The lowest BCUT2D eigenvalue weighted by atomic mass is 10.0. The first-order valence-electron chi connectivity index (χ1n) is 10.7. The maximum Gasteiger partial charge on any atom is 0.217 e. The van der Waals surface area contributed by atoms with Gasteiger partial charge in [0.05, 0.1) is 12.9 Å². The molecule has 1 aliphatic heterocycles. The van der Waals surface area contributed by atoms with Gasteiger partial charge in [-0.15, -0.1) is 0 Å². The Bertz CT molecular complexity index is 889. The lowest BCUT2D eigenvalue weighted by Crippen LogP contribution is -2.53. The van der Waals surface area contributed by atoms with Crippen LogP contribution in [-0.2, 0) is 33.9 Å². The highest BCUT2D eigenvalue weighted by atomic mass is 16.7. The predicted molar refractivity (Wildman–Crippen MR) is 122 cm³/mol. The van der Waals surface area contributed by atoms with Gasteiger partial charge >= 0.3 is 0 Å². The molecule has 0 saturated heterocycles. The molecule has 0 saturated carbocycles. The second-order valence-corrected chi connectivity index (χ2v) is 7.70. The molecule has 4 heteroatoms. The van der Waals surface area contributed by atoms with Gasteiger partial charge in [0.2, 0.25) is 6.29 Å². The molecule has 4 nitrogen and oxygen atoms in total. The van der Waals surface area contributed by atoms with E-state index in [0.29, 0.717) is 6.61 Å². The summed E-state index contributed by atoms with van der Waals surface area (Å²) < 4.78 is 18.0. The van der Waals surface area contributed by atoms with Gasteiger partial charge in [-0.3, -0.25) is 4.90 Å². The Morgan fingerprint density at radius 1 is 0.742 bits per heavy atom. The highest BCUT2D eigenvalue weighted by Crippen LogP contribution is 2.26. The summed E-state index contributed by atoms with van der Waals surface area (Å²) in [5.41, 5.74) is 3.63. The number of nitrogens with zero attached hydrogens (tertiary/aromatic N) is 1. The predicted octanol–water partition coefficient (Wildman–Crippen LogP) is 5.16. The minimum atomic E-state index is -0.418. The first kappa shape index (κ1) is 21.3. The monoisotopic (exact) mass is 415 g/mol. The Morgan fingerprint density at radius 3 is 1.77 bits per heavy atom. The van der Waals surface area contributed by atoms with Gasteiger partial charge in [-0.2, -0.15) is 0 Å².